The van der Waals surface area contributed by atoms with E-state index in [9.17, 15) is 14.1 Å². The minimum absolute atomic E-state index is 0.102. The number of quaternary nitrogens is 1. The lowest BCUT2D eigenvalue weighted by atomic mass is 10.1. The molecule has 2 rings (SSSR count). The Hall–Kier alpha value is -0.590. The van der Waals surface area contributed by atoms with Crippen LogP contribution in [0.1, 0.15) is 58.3 Å². The van der Waals surface area contributed by atoms with Crippen molar-refractivity contribution in [2.24, 2.45) is 0 Å². The van der Waals surface area contributed by atoms with E-state index in [1.54, 1.807) is 0 Å². The molecule has 1 aliphatic rings. The Bertz CT molecular complexity index is 602. The van der Waals surface area contributed by atoms with Crippen LogP contribution in [0.3, 0.4) is 0 Å². The Balaban J connectivity index is 2.19. The molecule has 1 aromatic rings. The fourth-order valence-electron chi connectivity index (χ4n) is 3.16. The number of unbranched alkanes of at least 4 members (excludes halogenated alkanes) is 5. The fourth-order valence-corrected chi connectivity index (χ4v) is 5.38. The summed E-state index contributed by atoms with van der Waals surface area (Å²) >= 11 is 10.4. The highest BCUT2D eigenvalue weighted by molar-refractivity contribution is 7.92. The highest BCUT2D eigenvalue weighted by atomic mass is 35.5. The van der Waals surface area contributed by atoms with Crippen LogP contribution in [0, 0.1) is 0 Å². The first-order chi connectivity index (χ1) is 11.9. The van der Waals surface area contributed by atoms with Gasteiger partial charge in [-0.15, -0.1) is 0 Å². The summed E-state index contributed by atoms with van der Waals surface area (Å²) in [5.74, 6) is -0.367. The van der Waals surface area contributed by atoms with Crippen LogP contribution in [0.25, 0.3) is 0 Å². The maximum absolute atomic E-state index is 13.1. The Labute approximate surface area is 162 Å². The molecule has 0 bridgehead atoms. The monoisotopic (exact) mass is 404 g/mol. The quantitative estimate of drug-likeness (QED) is 0.246. The highest BCUT2D eigenvalue weighted by Crippen LogP contribution is 2.39. The third-order valence-electron chi connectivity index (χ3n) is 4.44. The Kier molecular flexibility index (Phi) is 7.77. The van der Waals surface area contributed by atoms with Crippen molar-refractivity contribution in [3.63, 3.8) is 0 Å². The van der Waals surface area contributed by atoms with Gasteiger partial charge in [-0.25, -0.2) is 9.59 Å². The second-order valence-electron chi connectivity index (χ2n) is 6.32. The number of nitrogens with zero attached hydrogens (tertiary/aromatic N) is 1. The van der Waals surface area contributed by atoms with Gasteiger partial charge in [-0.2, -0.15) is 0 Å². The molecule has 7 heteroatoms. The van der Waals surface area contributed by atoms with Gasteiger partial charge >= 0.3 is 11.8 Å². The van der Waals surface area contributed by atoms with E-state index in [2.05, 4.69) is 6.92 Å². The largest absolute Gasteiger partial charge is 0.565 e. The van der Waals surface area contributed by atoms with E-state index >= 15 is 0 Å². The first kappa shape index (κ1) is 20.7. The summed E-state index contributed by atoms with van der Waals surface area (Å²) < 4.78 is 12.3. The van der Waals surface area contributed by atoms with Crippen molar-refractivity contribution in [2.45, 2.75) is 58.3 Å². The van der Waals surface area contributed by atoms with E-state index in [1.165, 1.54) is 31.0 Å². The van der Waals surface area contributed by atoms with E-state index < -0.39 is 15.3 Å². The van der Waals surface area contributed by atoms with E-state index in [1.807, 2.05) is 0 Å². The number of rotatable bonds is 9. The molecule has 1 unspecified atom stereocenters. The number of benzene rings is 1. The van der Waals surface area contributed by atoms with Crippen molar-refractivity contribution >= 4 is 52.1 Å². The molecular weight excluding hydrogens is 381 g/mol. The van der Waals surface area contributed by atoms with Gasteiger partial charge in [-0.1, -0.05) is 55.8 Å². The zero-order valence-corrected chi connectivity index (χ0v) is 16.8. The number of hydrogen-bond acceptors (Lipinski definition) is 3. The van der Waals surface area contributed by atoms with Crippen LogP contribution in [0.15, 0.2) is 18.2 Å². The molecule has 1 atom stereocenters. The summed E-state index contributed by atoms with van der Waals surface area (Å²) in [5.41, 5.74) is 0.314. The van der Waals surface area contributed by atoms with Gasteiger partial charge in [-0.05, 0) is 18.9 Å². The molecule has 1 heterocycles. The van der Waals surface area contributed by atoms with Gasteiger partial charge in [0.25, 0.3) is 0 Å². The molecule has 0 spiro atoms. The van der Waals surface area contributed by atoms with Gasteiger partial charge in [-0.3, -0.25) is 0 Å². The van der Waals surface area contributed by atoms with Crippen LogP contribution in [-0.4, -0.2) is 22.1 Å². The van der Waals surface area contributed by atoms with Crippen LogP contribution in [-0.2, 0) is 21.0 Å². The Morgan fingerprint density at radius 1 is 0.960 bits per heavy atom. The molecule has 1 aliphatic heterocycles. The lowest BCUT2D eigenvalue weighted by Gasteiger charge is -2.28. The van der Waals surface area contributed by atoms with E-state index in [0.717, 1.165) is 25.7 Å². The third-order valence-corrected chi connectivity index (χ3v) is 6.75. The second kappa shape index (κ2) is 9.38. The zero-order valence-electron chi connectivity index (χ0n) is 14.4. The molecule has 0 aromatic heterocycles. The lowest BCUT2D eigenvalue weighted by molar-refractivity contribution is -0.131. The van der Waals surface area contributed by atoms with Crippen molar-refractivity contribution < 1.29 is 14.1 Å². The first-order valence-corrected chi connectivity index (χ1v) is 10.8. The van der Waals surface area contributed by atoms with Gasteiger partial charge in [0.2, 0.25) is 0 Å². The molecule has 2 amide bonds. The molecule has 25 heavy (non-hydrogen) atoms. The molecule has 0 saturated carbocycles. The molecular formula is C18H24Cl2NO3S+. The van der Waals surface area contributed by atoms with Gasteiger partial charge in [0, 0.05) is 26.1 Å². The number of carbonyl (C=O) groups is 2. The predicted molar refractivity (Wildman–Crippen MR) is 104 cm³/mol. The summed E-state index contributed by atoms with van der Waals surface area (Å²) in [4.78, 5) is 25.2. The Morgan fingerprint density at radius 2 is 1.48 bits per heavy atom. The van der Waals surface area contributed by atoms with Crippen molar-refractivity contribution in [3.8, 4) is 0 Å². The van der Waals surface area contributed by atoms with Crippen molar-refractivity contribution in [2.75, 3.05) is 5.75 Å². The molecule has 138 valence electrons. The van der Waals surface area contributed by atoms with E-state index in [4.69, 9.17) is 23.2 Å². The average molecular weight is 405 g/mol. The number of carbonyl (C=O) groups excluding carboxylic acids is 2. The smallest absolute Gasteiger partial charge is 0.370 e. The Morgan fingerprint density at radius 3 is 2.04 bits per heavy atom. The van der Waals surface area contributed by atoms with Gasteiger partial charge in [0.1, 0.15) is 0 Å². The maximum Gasteiger partial charge on any atom is 0.370 e. The lowest BCUT2D eigenvalue weighted by Crippen LogP contribution is -2.58. The number of imide groups is 1. The van der Waals surface area contributed by atoms with Crippen LogP contribution in [0.4, 0.5) is 5.69 Å². The minimum Gasteiger partial charge on any atom is -0.565 e. The fraction of sp³-hybridized carbons (Fsp3) is 0.556. The van der Waals surface area contributed by atoms with Crippen molar-refractivity contribution in [1.82, 2.24) is 3.89 Å². The molecule has 0 N–H and O–H groups in total. The first-order valence-electron chi connectivity index (χ1n) is 8.74. The topological polar surface area (TPSA) is 57.2 Å². The van der Waals surface area contributed by atoms with Gasteiger partial charge < -0.3 is 4.55 Å². The number of hydrogen-bond donors (Lipinski definition) is 0. The summed E-state index contributed by atoms with van der Waals surface area (Å²) in [6.07, 6.45) is 6.48. The summed E-state index contributed by atoms with van der Waals surface area (Å²) in [6.45, 7) is 2.16. The SMILES string of the molecule is CCCCCCCC[S+]([O-])[N+]1(c2cc(Cl)cc(Cl)c2)C(=O)CCC1=O. The standard InChI is InChI=1S/C18H24Cl2NO3S/c1-2-3-4-5-6-7-10-25(24)21(17(22)8-9-18(21)23)16-12-14(19)11-15(20)13-16/h11-13H,2-10H2,1H3/q+1. The molecule has 1 aromatic carbocycles. The van der Waals surface area contributed by atoms with Crippen molar-refractivity contribution in [1.29, 1.82) is 0 Å². The summed E-state index contributed by atoms with van der Waals surface area (Å²) in [5, 5.41) is 0.646. The molecule has 0 aliphatic carbocycles. The maximum atomic E-state index is 13.1. The van der Waals surface area contributed by atoms with Crippen LogP contribution < -0.4 is 3.89 Å². The molecule has 1 fully saturated rings. The summed E-state index contributed by atoms with van der Waals surface area (Å²) in [7, 11) is 0. The molecule has 1 saturated heterocycles. The van der Waals surface area contributed by atoms with Gasteiger partial charge in [0.05, 0.1) is 12.8 Å². The predicted octanol–water partition coefficient (Wildman–Crippen LogP) is 5.17. The normalized spacial score (nSPS) is 17.9. The molecule has 0 radical (unpaired) electrons. The third kappa shape index (κ3) is 4.58. The van der Waals surface area contributed by atoms with Crippen LogP contribution in [0.5, 0.6) is 0 Å². The summed E-state index contributed by atoms with van der Waals surface area (Å²) in [6, 6.07) is 4.58. The van der Waals surface area contributed by atoms with E-state index in [0.29, 0.717) is 21.5 Å². The zero-order chi connectivity index (χ0) is 18.4. The number of halogens is 2. The average Bonchev–Trinajstić information content (AvgIpc) is 2.85. The molecule has 4 nitrogen and oxygen atoms in total. The van der Waals surface area contributed by atoms with E-state index in [-0.39, 0.29) is 24.7 Å². The second-order valence-corrected chi connectivity index (χ2v) is 8.79. The minimum atomic E-state index is -1.67. The number of amides is 2. The van der Waals surface area contributed by atoms with Crippen LogP contribution >= 0.6 is 23.2 Å². The van der Waals surface area contributed by atoms with Gasteiger partial charge in [0.15, 0.2) is 22.8 Å². The van der Waals surface area contributed by atoms with Crippen LogP contribution in [0.2, 0.25) is 10.0 Å². The highest BCUT2D eigenvalue weighted by Gasteiger charge is 2.62. The van der Waals surface area contributed by atoms with Crippen molar-refractivity contribution in [3.05, 3.63) is 28.2 Å².